The zero-order valence-corrected chi connectivity index (χ0v) is 13.2. The number of rotatable bonds is 6. The van der Waals surface area contributed by atoms with E-state index < -0.39 is 0 Å². The molecule has 1 aliphatic rings. The third-order valence-corrected chi connectivity index (χ3v) is 4.00. The molecule has 118 valence electrons. The summed E-state index contributed by atoms with van der Waals surface area (Å²) in [7, 11) is 0. The van der Waals surface area contributed by atoms with Crippen molar-refractivity contribution in [2.24, 2.45) is 11.7 Å². The highest BCUT2D eigenvalue weighted by Gasteiger charge is 2.21. The highest BCUT2D eigenvalue weighted by molar-refractivity contribution is 5.36. The number of nitrogens with two attached hydrogens (primary N) is 1. The Morgan fingerprint density at radius 3 is 2.67 bits per heavy atom. The van der Waals surface area contributed by atoms with Crippen molar-refractivity contribution < 1.29 is 0 Å². The summed E-state index contributed by atoms with van der Waals surface area (Å²) in [5.41, 5.74) is 5.71. The molecule has 0 saturated carbocycles. The maximum absolute atomic E-state index is 12.4. The molecule has 0 aromatic carbocycles. The van der Waals surface area contributed by atoms with Crippen molar-refractivity contribution >= 4 is 5.82 Å². The van der Waals surface area contributed by atoms with Gasteiger partial charge in [-0.25, -0.2) is 4.98 Å². The average molecular weight is 293 g/mol. The lowest BCUT2D eigenvalue weighted by atomic mass is 10.1. The summed E-state index contributed by atoms with van der Waals surface area (Å²) in [6, 6.07) is 0. The highest BCUT2D eigenvalue weighted by atomic mass is 16.1. The molecule has 2 heterocycles. The molecule has 6 heteroatoms. The van der Waals surface area contributed by atoms with E-state index in [0.29, 0.717) is 11.7 Å². The van der Waals surface area contributed by atoms with E-state index in [4.69, 9.17) is 5.73 Å². The Bertz CT molecular complexity index is 493. The van der Waals surface area contributed by atoms with Gasteiger partial charge in [-0.2, -0.15) is 0 Å². The topological polar surface area (TPSA) is 67.4 Å². The van der Waals surface area contributed by atoms with Crippen LogP contribution in [0.4, 0.5) is 5.82 Å². The van der Waals surface area contributed by atoms with Crippen LogP contribution >= 0.6 is 0 Å². The van der Waals surface area contributed by atoms with E-state index in [1.54, 1.807) is 17.0 Å². The fraction of sp³-hybridized carbons (Fsp3) is 0.733. The lowest BCUT2D eigenvalue weighted by Gasteiger charge is -2.36. The van der Waals surface area contributed by atoms with Gasteiger partial charge in [-0.3, -0.25) is 9.69 Å². The van der Waals surface area contributed by atoms with E-state index in [1.807, 2.05) is 0 Å². The SMILES string of the molecule is CCCn1ccnc(N2CCN(CC(C)CN)CC2)c1=O. The van der Waals surface area contributed by atoms with E-state index in [1.165, 1.54) is 0 Å². The summed E-state index contributed by atoms with van der Waals surface area (Å²) < 4.78 is 1.76. The maximum Gasteiger partial charge on any atom is 0.293 e. The molecular weight excluding hydrogens is 266 g/mol. The van der Waals surface area contributed by atoms with Crippen molar-refractivity contribution in [3.05, 3.63) is 22.7 Å². The van der Waals surface area contributed by atoms with Gasteiger partial charge in [0.2, 0.25) is 0 Å². The molecule has 2 N–H and O–H groups in total. The Labute approximate surface area is 126 Å². The van der Waals surface area contributed by atoms with E-state index in [0.717, 1.165) is 52.2 Å². The Hall–Kier alpha value is -1.40. The van der Waals surface area contributed by atoms with Crippen molar-refractivity contribution in [3.8, 4) is 0 Å². The van der Waals surface area contributed by atoms with Gasteiger partial charge < -0.3 is 15.2 Å². The van der Waals surface area contributed by atoms with Crippen LogP contribution in [0.3, 0.4) is 0 Å². The van der Waals surface area contributed by atoms with Crippen molar-refractivity contribution in [1.29, 1.82) is 0 Å². The standard InChI is InChI=1S/C15H27N5O/c1-3-5-20-6-4-17-14(15(20)21)19-9-7-18(8-10-19)12-13(2)11-16/h4,6,13H,3,5,7-12,16H2,1-2H3. The number of piperazine rings is 1. The minimum Gasteiger partial charge on any atom is -0.349 e. The molecule has 6 nitrogen and oxygen atoms in total. The Morgan fingerprint density at radius 2 is 2.05 bits per heavy atom. The fourth-order valence-electron chi connectivity index (χ4n) is 2.73. The van der Waals surface area contributed by atoms with Crippen LogP contribution in [-0.2, 0) is 6.54 Å². The number of aryl methyl sites for hydroxylation is 1. The molecule has 1 unspecified atom stereocenters. The molecular formula is C15H27N5O. The molecule has 0 radical (unpaired) electrons. The van der Waals surface area contributed by atoms with E-state index in [9.17, 15) is 4.79 Å². The van der Waals surface area contributed by atoms with Crippen molar-refractivity contribution in [1.82, 2.24) is 14.5 Å². The Balaban J connectivity index is 1.99. The molecule has 1 saturated heterocycles. The second kappa shape index (κ2) is 7.56. The van der Waals surface area contributed by atoms with E-state index >= 15 is 0 Å². The number of nitrogens with zero attached hydrogens (tertiary/aromatic N) is 4. The maximum atomic E-state index is 12.4. The summed E-state index contributed by atoms with van der Waals surface area (Å²) in [5.74, 6) is 1.12. The van der Waals surface area contributed by atoms with Crippen LogP contribution in [0.25, 0.3) is 0 Å². The van der Waals surface area contributed by atoms with Crippen molar-refractivity contribution in [2.75, 3.05) is 44.2 Å². The molecule has 0 aliphatic carbocycles. The van der Waals surface area contributed by atoms with E-state index in [-0.39, 0.29) is 5.56 Å². The fourth-order valence-corrected chi connectivity index (χ4v) is 2.73. The minimum absolute atomic E-state index is 0.0307. The average Bonchev–Trinajstić information content (AvgIpc) is 2.50. The van der Waals surface area contributed by atoms with Gasteiger partial charge in [-0.05, 0) is 18.9 Å². The molecule has 1 fully saturated rings. The first-order valence-electron chi connectivity index (χ1n) is 7.88. The van der Waals surface area contributed by atoms with Crippen molar-refractivity contribution in [2.45, 2.75) is 26.8 Å². The van der Waals surface area contributed by atoms with Gasteiger partial charge in [-0.1, -0.05) is 13.8 Å². The van der Waals surface area contributed by atoms with Gasteiger partial charge in [0.05, 0.1) is 0 Å². The third kappa shape index (κ3) is 4.04. The van der Waals surface area contributed by atoms with E-state index in [2.05, 4.69) is 28.6 Å². The van der Waals surface area contributed by atoms with Gasteiger partial charge in [0.25, 0.3) is 5.56 Å². The predicted octanol–water partition coefficient (Wildman–Crippen LogP) is 0.370. The molecule has 1 aromatic rings. The predicted molar refractivity (Wildman–Crippen MR) is 85.7 cm³/mol. The lowest BCUT2D eigenvalue weighted by Crippen LogP contribution is -2.50. The van der Waals surface area contributed by atoms with Gasteiger partial charge in [0.1, 0.15) is 0 Å². The first-order valence-corrected chi connectivity index (χ1v) is 7.88. The molecule has 0 spiro atoms. The summed E-state index contributed by atoms with van der Waals surface area (Å²) in [6.45, 7) is 10.4. The van der Waals surface area contributed by atoms with Crippen LogP contribution in [0, 0.1) is 5.92 Å². The normalized spacial score (nSPS) is 18.0. The van der Waals surface area contributed by atoms with Crippen LogP contribution in [0.1, 0.15) is 20.3 Å². The molecule has 0 amide bonds. The lowest BCUT2D eigenvalue weighted by molar-refractivity contribution is 0.226. The summed E-state index contributed by atoms with van der Waals surface area (Å²) >= 11 is 0. The van der Waals surface area contributed by atoms with Crippen molar-refractivity contribution in [3.63, 3.8) is 0 Å². The molecule has 2 rings (SSSR count). The van der Waals surface area contributed by atoms with Gasteiger partial charge in [-0.15, -0.1) is 0 Å². The summed E-state index contributed by atoms with van der Waals surface area (Å²) in [6.07, 6.45) is 4.46. The van der Waals surface area contributed by atoms with Crippen LogP contribution in [0.2, 0.25) is 0 Å². The second-order valence-corrected chi connectivity index (χ2v) is 5.88. The summed E-state index contributed by atoms with van der Waals surface area (Å²) in [4.78, 5) is 21.2. The monoisotopic (exact) mass is 293 g/mol. The smallest absolute Gasteiger partial charge is 0.293 e. The summed E-state index contributed by atoms with van der Waals surface area (Å²) in [5, 5.41) is 0. The molecule has 1 atom stereocenters. The van der Waals surface area contributed by atoms with Crippen LogP contribution in [0.5, 0.6) is 0 Å². The number of anilines is 1. The molecule has 21 heavy (non-hydrogen) atoms. The minimum atomic E-state index is 0.0307. The third-order valence-electron chi connectivity index (χ3n) is 4.00. The van der Waals surface area contributed by atoms with Gasteiger partial charge in [0, 0.05) is 51.7 Å². The largest absolute Gasteiger partial charge is 0.349 e. The first kappa shape index (κ1) is 16.0. The Morgan fingerprint density at radius 1 is 1.33 bits per heavy atom. The number of hydrogen-bond donors (Lipinski definition) is 1. The highest BCUT2D eigenvalue weighted by Crippen LogP contribution is 2.10. The quantitative estimate of drug-likeness (QED) is 0.821. The van der Waals surface area contributed by atoms with Crippen LogP contribution in [0.15, 0.2) is 17.2 Å². The van der Waals surface area contributed by atoms with Gasteiger partial charge in [0.15, 0.2) is 5.82 Å². The Kier molecular flexibility index (Phi) is 5.76. The van der Waals surface area contributed by atoms with Crippen LogP contribution in [-0.4, -0.2) is 53.7 Å². The second-order valence-electron chi connectivity index (χ2n) is 5.88. The first-order chi connectivity index (χ1) is 10.2. The molecule has 1 aliphatic heterocycles. The number of aromatic nitrogens is 2. The van der Waals surface area contributed by atoms with Gasteiger partial charge >= 0.3 is 0 Å². The molecule has 1 aromatic heterocycles. The zero-order valence-electron chi connectivity index (χ0n) is 13.2. The molecule has 0 bridgehead atoms. The zero-order chi connectivity index (χ0) is 15.2. The number of hydrogen-bond acceptors (Lipinski definition) is 5. The van der Waals surface area contributed by atoms with Crippen LogP contribution < -0.4 is 16.2 Å².